The summed E-state index contributed by atoms with van der Waals surface area (Å²) >= 11 is 0. The van der Waals surface area contributed by atoms with Crippen molar-refractivity contribution in [3.8, 4) is 0 Å². The molecule has 0 bridgehead atoms. The Bertz CT molecular complexity index is 652. The van der Waals surface area contributed by atoms with E-state index in [0.717, 1.165) is 12.8 Å². The predicted octanol–water partition coefficient (Wildman–Crippen LogP) is 2.44. The van der Waals surface area contributed by atoms with Gasteiger partial charge in [0.05, 0.1) is 5.69 Å². The molecule has 4 nitrogen and oxygen atoms in total. The molecule has 23 heavy (non-hydrogen) atoms. The Kier molecular flexibility index (Phi) is 3.39. The van der Waals surface area contributed by atoms with E-state index < -0.39 is 11.9 Å². The van der Waals surface area contributed by atoms with Gasteiger partial charge < -0.3 is 9.80 Å². The molecule has 0 unspecified atom stereocenters. The van der Waals surface area contributed by atoms with E-state index >= 15 is 0 Å². The van der Waals surface area contributed by atoms with Crippen molar-refractivity contribution < 1.29 is 14.0 Å². The molecule has 3 atom stereocenters. The third kappa shape index (κ3) is 2.25. The molecule has 3 fully saturated rings. The molecular weight excluding hydrogens is 295 g/mol. The van der Waals surface area contributed by atoms with Crippen LogP contribution in [-0.2, 0) is 9.59 Å². The van der Waals surface area contributed by atoms with Gasteiger partial charge in [-0.1, -0.05) is 18.6 Å². The maximum absolute atomic E-state index is 13.9. The zero-order valence-electron chi connectivity index (χ0n) is 13.2. The summed E-state index contributed by atoms with van der Waals surface area (Å²) in [5.41, 5.74) is 0.309. The van der Waals surface area contributed by atoms with Gasteiger partial charge in [0.2, 0.25) is 11.8 Å². The summed E-state index contributed by atoms with van der Waals surface area (Å²) < 4.78 is 13.9. The first-order valence-corrected chi connectivity index (χ1v) is 8.42. The van der Waals surface area contributed by atoms with Gasteiger partial charge >= 0.3 is 0 Å². The number of amides is 2. The van der Waals surface area contributed by atoms with Crippen molar-refractivity contribution in [1.29, 1.82) is 0 Å². The van der Waals surface area contributed by atoms with E-state index in [9.17, 15) is 14.0 Å². The molecule has 3 aliphatic rings. The van der Waals surface area contributed by atoms with E-state index in [0.29, 0.717) is 30.5 Å². The SMILES string of the molecule is CN(C(=O)C1[C@@H]2CCC[C@@H]12)[C@H]1CCN(c2ccccc2F)C1=O. The number of halogens is 1. The second-order valence-electron chi connectivity index (χ2n) is 6.98. The van der Waals surface area contributed by atoms with Gasteiger partial charge in [-0.05, 0) is 43.2 Å². The van der Waals surface area contributed by atoms with Crippen LogP contribution in [0.1, 0.15) is 25.7 Å². The van der Waals surface area contributed by atoms with E-state index in [1.165, 1.54) is 17.4 Å². The van der Waals surface area contributed by atoms with E-state index in [1.54, 1.807) is 30.1 Å². The van der Waals surface area contributed by atoms with Crippen molar-refractivity contribution in [2.75, 3.05) is 18.5 Å². The topological polar surface area (TPSA) is 40.6 Å². The lowest BCUT2D eigenvalue weighted by Gasteiger charge is -2.25. The van der Waals surface area contributed by atoms with Gasteiger partial charge in [-0.15, -0.1) is 0 Å². The van der Waals surface area contributed by atoms with Gasteiger partial charge in [0.15, 0.2) is 0 Å². The average Bonchev–Trinajstić information content (AvgIpc) is 2.87. The first kappa shape index (κ1) is 14.7. The Morgan fingerprint density at radius 3 is 2.61 bits per heavy atom. The molecule has 0 aromatic heterocycles. The third-order valence-corrected chi connectivity index (χ3v) is 5.83. The molecule has 122 valence electrons. The largest absolute Gasteiger partial charge is 0.333 e. The van der Waals surface area contributed by atoms with Gasteiger partial charge in [0.1, 0.15) is 11.9 Å². The fourth-order valence-corrected chi connectivity index (χ4v) is 4.51. The number of nitrogens with zero attached hydrogens (tertiary/aromatic N) is 2. The number of para-hydroxylation sites is 1. The van der Waals surface area contributed by atoms with Gasteiger partial charge in [0.25, 0.3) is 0 Å². The van der Waals surface area contributed by atoms with E-state index in [2.05, 4.69) is 0 Å². The number of carbonyl (C=O) groups is 2. The molecule has 1 aromatic rings. The van der Waals surface area contributed by atoms with Crippen molar-refractivity contribution in [3.05, 3.63) is 30.1 Å². The zero-order chi connectivity index (χ0) is 16.1. The molecule has 2 amide bonds. The molecule has 0 spiro atoms. The number of fused-ring (bicyclic) bond motifs is 1. The number of rotatable bonds is 3. The maximum atomic E-state index is 13.9. The summed E-state index contributed by atoms with van der Waals surface area (Å²) in [7, 11) is 1.73. The minimum absolute atomic E-state index is 0.105. The summed E-state index contributed by atoms with van der Waals surface area (Å²) in [4.78, 5) is 28.4. The molecular formula is C18H21FN2O2. The van der Waals surface area contributed by atoms with Crippen molar-refractivity contribution >= 4 is 17.5 Å². The fraction of sp³-hybridized carbons (Fsp3) is 0.556. The predicted molar refractivity (Wildman–Crippen MR) is 84.2 cm³/mol. The molecule has 2 aliphatic carbocycles. The summed E-state index contributed by atoms with van der Waals surface area (Å²) in [5, 5.41) is 0. The van der Waals surface area contributed by atoms with Gasteiger partial charge in [-0.2, -0.15) is 0 Å². The molecule has 1 heterocycles. The van der Waals surface area contributed by atoms with Crippen LogP contribution < -0.4 is 4.90 Å². The smallest absolute Gasteiger partial charge is 0.249 e. The highest BCUT2D eigenvalue weighted by molar-refractivity contribution is 6.01. The second kappa shape index (κ2) is 5.32. The highest BCUT2D eigenvalue weighted by Crippen LogP contribution is 2.58. The van der Waals surface area contributed by atoms with E-state index in [-0.39, 0.29) is 17.7 Å². The van der Waals surface area contributed by atoms with Gasteiger partial charge in [0, 0.05) is 19.5 Å². The van der Waals surface area contributed by atoms with Crippen LogP contribution in [0.25, 0.3) is 0 Å². The fourth-order valence-electron chi connectivity index (χ4n) is 4.51. The van der Waals surface area contributed by atoms with Crippen LogP contribution in [-0.4, -0.2) is 36.3 Å². The molecule has 4 rings (SSSR count). The summed E-state index contributed by atoms with van der Waals surface area (Å²) in [6.07, 6.45) is 4.09. The molecule has 1 aromatic carbocycles. The van der Waals surface area contributed by atoms with Crippen molar-refractivity contribution in [3.63, 3.8) is 0 Å². The van der Waals surface area contributed by atoms with Crippen molar-refractivity contribution in [1.82, 2.24) is 4.90 Å². The van der Waals surface area contributed by atoms with Crippen LogP contribution in [0.3, 0.4) is 0 Å². The average molecular weight is 316 g/mol. The van der Waals surface area contributed by atoms with Crippen LogP contribution >= 0.6 is 0 Å². The normalized spacial score (nSPS) is 32.1. The minimum atomic E-state index is -0.455. The Labute approximate surface area is 135 Å². The lowest BCUT2D eigenvalue weighted by molar-refractivity contribution is -0.138. The number of hydrogen-bond acceptors (Lipinski definition) is 2. The van der Waals surface area contributed by atoms with Crippen LogP contribution in [0.5, 0.6) is 0 Å². The van der Waals surface area contributed by atoms with Crippen molar-refractivity contribution in [2.45, 2.75) is 31.7 Å². The second-order valence-corrected chi connectivity index (χ2v) is 6.98. The highest BCUT2D eigenvalue weighted by atomic mass is 19.1. The molecule has 1 saturated heterocycles. The Morgan fingerprint density at radius 1 is 1.22 bits per heavy atom. The molecule has 1 aliphatic heterocycles. The van der Waals surface area contributed by atoms with Crippen LogP contribution in [0.4, 0.5) is 10.1 Å². The standard InChI is InChI=1S/C18H21FN2O2/c1-20(18(23)16-11-5-4-6-12(11)16)15-9-10-21(17(15)22)14-8-3-2-7-13(14)19/h2-3,7-8,11-12,15-16H,4-6,9-10H2,1H3/t11-,12-,15+/m1/s1. The summed E-state index contributed by atoms with van der Waals surface area (Å²) in [6, 6.07) is 5.85. The quantitative estimate of drug-likeness (QED) is 0.859. The van der Waals surface area contributed by atoms with Gasteiger partial charge in [-0.3, -0.25) is 9.59 Å². The lowest BCUT2D eigenvalue weighted by Crippen LogP contribution is -2.44. The Balaban J connectivity index is 1.47. The Morgan fingerprint density at radius 2 is 1.91 bits per heavy atom. The van der Waals surface area contributed by atoms with Crippen LogP contribution in [0.2, 0.25) is 0 Å². The molecule has 0 radical (unpaired) electrons. The number of hydrogen-bond donors (Lipinski definition) is 0. The first-order valence-electron chi connectivity index (χ1n) is 8.42. The lowest BCUT2D eigenvalue weighted by atomic mass is 10.1. The van der Waals surface area contributed by atoms with Crippen LogP contribution in [0.15, 0.2) is 24.3 Å². The monoisotopic (exact) mass is 316 g/mol. The van der Waals surface area contributed by atoms with E-state index in [4.69, 9.17) is 0 Å². The summed E-state index contributed by atoms with van der Waals surface area (Å²) in [6.45, 7) is 0.458. The number of carbonyl (C=O) groups excluding carboxylic acids is 2. The molecule has 2 saturated carbocycles. The maximum Gasteiger partial charge on any atom is 0.249 e. The van der Waals surface area contributed by atoms with E-state index in [1.807, 2.05) is 0 Å². The van der Waals surface area contributed by atoms with Crippen molar-refractivity contribution in [2.24, 2.45) is 17.8 Å². The number of likely N-dealkylation sites (N-methyl/N-ethyl adjacent to an activating group) is 1. The van der Waals surface area contributed by atoms with Crippen LogP contribution in [0, 0.1) is 23.6 Å². The molecule has 0 N–H and O–H groups in total. The third-order valence-electron chi connectivity index (χ3n) is 5.83. The highest BCUT2D eigenvalue weighted by Gasteiger charge is 2.58. The zero-order valence-corrected chi connectivity index (χ0v) is 13.2. The Hall–Kier alpha value is -1.91. The number of benzene rings is 1. The first-order chi connectivity index (χ1) is 11.1. The molecule has 5 heteroatoms. The van der Waals surface area contributed by atoms with Gasteiger partial charge in [-0.25, -0.2) is 4.39 Å². The number of anilines is 1. The minimum Gasteiger partial charge on any atom is -0.333 e. The summed E-state index contributed by atoms with van der Waals surface area (Å²) in [5.74, 6) is 0.759.